The zero-order valence-electron chi connectivity index (χ0n) is 17.0. The molecule has 3 aromatic rings. The van der Waals surface area contributed by atoms with Gasteiger partial charge in [0.25, 0.3) is 5.56 Å². The van der Waals surface area contributed by atoms with Gasteiger partial charge in [-0.05, 0) is 50.3 Å². The summed E-state index contributed by atoms with van der Waals surface area (Å²) in [7, 11) is 0. The Balaban J connectivity index is 1.53. The van der Waals surface area contributed by atoms with Crippen molar-refractivity contribution >= 4 is 28.7 Å². The van der Waals surface area contributed by atoms with E-state index >= 15 is 0 Å². The van der Waals surface area contributed by atoms with Crippen molar-refractivity contribution in [1.82, 2.24) is 19.9 Å². The molecular formula is C22H26N4O2S. The van der Waals surface area contributed by atoms with Gasteiger partial charge in [0.15, 0.2) is 5.16 Å². The fourth-order valence-electron chi connectivity index (χ4n) is 3.94. The monoisotopic (exact) mass is 410 g/mol. The summed E-state index contributed by atoms with van der Waals surface area (Å²) < 4.78 is 1.71. The molecule has 2 atom stereocenters. The molecule has 0 radical (unpaired) electrons. The summed E-state index contributed by atoms with van der Waals surface area (Å²) in [6, 6.07) is 10.2. The van der Waals surface area contributed by atoms with E-state index in [2.05, 4.69) is 27.4 Å². The fourth-order valence-corrected chi connectivity index (χ4v) is 4.84. The van der Waals surface area contributed by atoms with Crippen LogP contribution in [0.5, 0.6) is 0 Å². The summed E-state index contributed by atoms with van der Waals surface area (Å²) in [6.45, 7) is 5.96. The Morgan fingerprint density at radius 1 is 1.41 bits per heavy atom. The second-order valence-electron chi connectivity index (χ2n) is 7.69. The van der Waals surface area contributed by atoms with Gasteiger partial charge in [0.2, 0.25) is 5.91 Å². The summed E-state index contributed by atoms with van der Waals surface area (Å²) in [5.41, 5.74) is 4.53. The summed E-state index contributed by atoms with van der Waals surface area (Å²) in [6.07, 6.45) is 2.73. The lowest BCUT2D eigenvalue weighted by atomic mass is 10.1. The maximum absolute atomic E-state index is 13.0. The molecule has 1 amide bonds. The predicted octanol–water partition coefficient (Wildman–Crippen LogP) is 3.90. The summed E-state index contributed by atoms with van der Waals surface area (Å²) >= 11 is 1.33. The number of rotatable bonds is 6. The molecule has 0 fully saturated rings. The highest BCUT2D eigenvalue weighted by Crippen LogP contribution is 2.31. The van der Waals surface area contributed by atoms with E-state index < -0.39 is 0 Å². The van der Waals surface area contributed by atoms with Crippen molar-refractivity contribution in [1.29, 1.82) is 0 Å². The van der Waals surface area contributed by atoms with Crippen molar-refractivity contribution < 1.29 is 4.79 Å². The Morgan fingerprint density at radius 2 is 2.21 bits per heavy atom. The number of benzene rings is 1. The minimum absolute atomic E-state index is 0.00952. The number of carbonyl (C=O) groups excluding carboxylic acids is 1. The first-order valence-electron chi connectivity index (χ1n) is 10.1. The van der Waals surface area contributed by atoms with Gasteiger partial charge in [0.05, 0.1) is 17.3 Å². The molecule has 6 nitrogen and oxygen atoms in total. The molecule has 0 unspecified atom stereocenters. The third-order valence-corrected chi connectivity index (χ3v) is 6.57. The molecule has 1 aromatic carbocycles. The van der Waals surface area contributed by atoms with Crippen molar-refractivity contribution in [2.24, 2.45) is 0 Å². The summed E-state index contributed by atoms with van der Waals surface area (Å²) in [4.78, 5) is 33.4. The van der Waals surface area contributed by atoms with Crippen LogP contribution in [0.2, 0.25) is 0 Å². The number of thioether (sulfide) groups is 1. The van der Waals surface area contributed by atoms with Crippen LogP contribution in [0.1, 0.15) is 55.6 Å². The number of H-pyrrole nitrogens is 1. The van der Waals surface area contributed by atoms with Gasteiger partial charge in [0.1, 0.15) is 5.52 Å². The molecule has 0 aliphatic heterocycles. The topological polar surface area (TPSA) is 79.8 Å². The molecule has 2 aromatic heterocycles. The SMILES string of the molecule is CC[C@@H](C)n1c(SCC(=O)N[C@@H]2CCc3ccccc32)nc2cc(C)[nH]c2c1=O. The van der Waals surface area contributed by atoms with Crippen molar-refractivity contribution in [3.8, 4) is 0 Å². The second-order valence-corrected chi connectivity index (χ2v) is 8.63. The van der Waals surface area contributed by atoms with Gasteiger partial charge in [-0.15, -0.1) is 0 Å². The van der Waals surface area contributed by atoms with Crippen LogP contribution in [0.25, 0.3) is 11.0 Å². The Labute approximate surface area is 174 Å². The number of carbonyl (C=O) groups is 1. The lowest BCUT2D eigenvalue weighted by Gasteiger charge is -2.18. The highest BCUT2D eigenvalue weighted by molar-refractivity contribution is 7.99. The van der Waals surface area contributed by atoms with Crippen LogP contribution in [0.4, 0.5) is 0 Å². The maximum atomic E-state index is 13.0. The van der Waals surface area contributed by atoms with E-state index in [0.717, 1.165) is 25.0 Å². The molecular weight excluding hydrogens is 384 g/mol. The summed E-state index contributed by atoms with van der Waals surface area (Å²) in [5, 5.41) is 3.74. The van der Waals surface area contributed by atoms with Gasteiger partial charge >= 0.3 is 0 Å². The predicted molar refractivity (Wildman–Crippen MR) is 116 cm³/mol. The normalized spacial score (nSPS) is 16.7. The van der Waals surface area contributed by atoms with E-state index in [0.29, 0.717) is 16.2 Å². The highest BCUT2D eigenvalue weighted by atomic mass is 32.2. The molecule has 2 heterocycles. The highest BCUT2D eigenvalue weighted by Gasteiger charge is 2.24. The first-order valence-corrected chi connectivity index (χ1v) is 11.1. The van der Waals surface area contributed by atoms with Gasteiger partial charge in [-0.2, -0.15) is 0 Å². The molecule has 0 spiro atoms. The molecule has 29 heavy (non-hydrogen) atoms. The third-order valence-electron chi connectivity index (χ3n) is 5.62. The van der Waals surface area contributed by atoms with E-state index in [-0.39, 0.29) is 29.3 Å². The van der Waals surface area contributed by atoms with Crippen LogP contribution in [-0.4, -0.2) is 26.2 Å². The molecule has 0 bridgehead atoms. The maximum Gasteiger partial charge on any atom is 0.278 e. The van der Waals surface area contributed by atoms with E-state index in [4.69, 9.17) is 0 Å². The van der Waals surface area contributed by atoms with E-state index in [1.807, 2.05) is 39.0 Å². The summed E-state index contributed by atoms with van der Waals surface area (Å²) in [5.74, 6) is 0.197. The number of aromatic nitrogens is 3. The number of nitrogens with zero attached hydrogens (tertiary/aromatic N) is 2. The van der Waals surface area contributed by atoms with Crippen LogP contribution < -0.4 is 10.9 Å². The standard InChI is InChI=1S/C22H26N4O2S/c1-4-14(3)26-21(28)20-18(11-13(2)23-20)25-22(26)29-12-19(27)24-17-10-9-15-7-5-6-8-16(15)17/h5-8,11,14,17,23H,4,9-10,12H2,1-3H3,(H,24,27)/t14-,17-/m1/s1. The molecule has 0 saturated heterocycles. The zero-order chi connectivity index (χ0) is 20.5. The zero-order valence-corrected chi connectivity index (χ0v) is 17.8. The number of aromatic amines is 1. The van der Waals surface area contributed by atoms with E-state index in [1.54, 1.807) is 4.57 Å². The quantitative estimate of drug-likeness (QED) is 0.477. The van der Waals surface area contributed by atoms with Crippen LogP contribution in [-0.2, 0) is 11.2 Å². The van der Waals surface area contributed by atoms with Crippen LogP contribution >= 0.6 is 11.8 Å². The van der Waals surface area contributed by atoms with Gasteiger partial charge in [0, 0.05) is 11.7 Å². The van der Waals surface area contributed by atoms with Crippen LogP contribution in [0.3, 0.4) is 0 Å². The Morgan fingerprint density at radius 3 is 3.00 bits per heavy atom. The van der Waals surface area contributed by atoms with Gasteiger partial charge in [-0.3, -0.25) is 14.2 Å². The fraction of sp³-hybridized carbons (Fsp3) is 0.409. The minimum Gasteiger partial charge on any atom is -0.353 e. The molecule has 1 aliphatic carbocycles. The van der Waals surface area contributed by atoms with Crippen molar-refractivity contribution in [2.75, 3.05) is 5.75 Å². The van der Waals surface area contributed by atoms with E-state index in [9.17, 15) is 9.59 Å². The number of nitrogens with one attached hydrogen (secondary N) is 2. The molecule has 0 saturated carbocycles. The molecule has 1 aliphatic rings. The Bertz CT molecular complexity index is 1120. The Kier molecular flexibility index (Phi) is 5.50. The average Bonchev–Trinajstić information content (AvgIpc) is 3.29. The third kappa shape index (κ3) is 3.83. The number of hydrogen-bond acceptors (Lipinski definition) is 4. The van der Waals surface area contributed by atoms with Crippen molar-refractivity contribution in [3.63, 3.8) is 0 Å². The molecule has 2 N–H and O–H groups in total. The average molecular weight is 411 g/mol. The van der Waals surface area contributed by atoms with Gasteiger partial charge < -0.3 is 10.3 Å². The number of fused-ring (bicyclic) bond motifs is 2. The largest absolute Gasteiger partial charge is 0.353 e. The molecule has 7 heteroatoms. The van der Waals surface area contributed by atoms with Crippen LogP contribution in [0.15, 0.2) is 40.3 Å². The van der Waals surface area contributed by atoms with Crippen molar-refractivity contribution in [2.45, 2.75) is 57.3 Å². The minimum atomic E-state index is -0.0786. The lowest BCUT2D eigenvalue weighted by Crippen LogP contribution is -2.30. The van der Waals surface area contributed by atoms with Gasteiger partial charge in [-0.1, -0.05) is 43.0 Å². The van der Waals surface area contributed by atoms with E-state index in [1.165, 1.54) is 22.9 Å². The smallest absolute Gasteiger partial charge is 0.278 e. The van der Waals surface area contributed by atoms with Crippen LogP contribution in [0, 0.1) is 6.92 Å². The number of aryl methyl sites for hydroxylation is 2. The first kappa shape index (κ1) is 19.8. The first-order chi connectivity index (χ1) is 14.0. The Hall–Kier alpha value is -2.54. The number of hydrogen-bond donors (Lipinski definition) is 2. The lowest BCUT2D eigenvalue weighted by molar-refractivity contribution is -0.119. The second kappa shape index (κ2) is 8.06. The number of amides is 1. The molecule has 152 valence electrons. The van der Waals surface area contributed by atoms with Crippen molar-refractivity contribution in [3.05, 3.63) is 57.5 Å². The molecule has 4 rings (SSSR count). The van der Waals surface area contributed by atoms with Gasteiger partial charge in [-0.25, -0.2) is 4.98 Å².